The summed E-state index contributed by atoms with van der Waals surface area (Å²) in [5.41, 5.74) is 5.01. The Morgan fingerprint density at radius 3 is 2.27 bits per heavy atom. The van der Waals surface area contributed by atoms with Crippen LogP contribution in [0.25, 0.3) is 0 Å². The first-order valence-corrected chi connectivity index (χ1v) is 8.83. The number of carbonyl (C=O) groups is 1. The van der Waals surface area contributed by atoms with Gasteiger partial charge in [0.15, 0.2) is 0 Å². The van der Waals surface area contributed by atoms with Gasteiger partial charge in [0.2, 0.25) is 5.91 Å². The summed E-state index contributed by atoms with van der Waals surface area (Å²) in [6.45, 7) is 7.16. The van der Waals surface area contributed by atoms with E-state index >= 15 is 0 Å². The molecule has 0 spiro atoms. The molecule has 1 saturated carbocycles. The van der Waals surface area contributed by atoms with Crippen molar-refractivity contribution in [1.82, 2.24) is 5.32 Å². The molecule has 1 aromatic rings. The molecule has 1 fully saturated rings. The van der Waals surface area contributed by atoms with Gasteiger partial charge in [-0.3, -0.25) is 4.79 Å². The van der Waals surface area contributed by atoms with Crippen LogP contribution < -0.4 is 25.3 Å². The van der Waals surface area contributed by atoms with Gasteiger partial charge < -0.3 is 30.0 Å². The quantitative estimate of drug-likeness (QED) is 0.647. The molecule has 3 N–H and O–H groups in total. The fourth-order valence-electron chi connectivity index (χ4n) is 3.18. The molecule has 1 aliphatic rings. The minimum atomic E-state index is -0.925. The molecule has 0 aliphatic heterocycles. The second kappa shape index (κ2) is 8.14. The van der Waals surface area contributed by atoms with Crippen LogP contribution in [0.5, 0.6) is 17.2 Å². The highest BCUT2D eigenvalue weighted by Crippen LogP contribution is 2.49. The van der Waals surface area contributed by atoms with Crippen molar-refractivity contribution in [2.24, 2.45) is 11.1 Å². The van der Waals surface area contributed by atoms with Crippen molar-refractivity contribution in [2.45, 2.75) is 38.8 Å². The van der Waals surface area contributed by atoms with E-state index in [9.17, 15) is 4.79 Å². The van der Waals surface area contributed by atoms with Crippen molar-refractivity contribution >= 4 is 5.91 Å². The van der Waals surface area contributed by atoms with Gasteiger partial charge in [0.25, 0.3) is 0 Å². The van der Waals surface area contributed by atoms with Gasteiger partial charge in [-0.15, -0.1) is 0 Å². The van der Waals surface area contributed by atoms with Crippen LogP contribution in [0, 0.1) is 5.41 Å². The topological polar surface area (TPSA) is 92.0 Å². The minimum Gasteiger partial charge on any atom is -0.496 e. The van der Waals surface area contributed by atoms with Gasteiger partial charge in [-0.1, -0.05) is 13.8 Å². The van der Waals surface area contributed by atoms with Gasteiger partial charge in [0.05, 0.1) is 26.9 Å². The van der Waals surface area contributed by atoms with Crippen LogP contribution in [0.2, 0.25) is 0 Å². The van der Waals surface area contributed by atoms with E-state index in [4.69, 9.17) is 24.7 Å². The highest BCUT2D eigenvalue weighted by atomic mass is 16.5. The molecule has 146 valence electrons. The molecular formula is C19H30N2O5. The van der Waals surface area contributed by atoms with E-state index in [0.29, 0.717) is 43.4 Å². The number of hydrogen-bond donors (Lipinski definition) is 2. The standard InChI is InChI=1S/C19H30N2O5/c1-6-25-16-12-19(20,18(16,2)3)17(22)21-7-8-26-15-10-13(23-4)9-14(11-15)24-5/h9-11,16H,6-8,12,20H2,1-5H3,(H,21,22). The third kappa shape index (κ3) is 3.88. The number of nitrogens with two attached hydrogens (primary N) is 1. The predicted octanol–water partition coefficient (Wildman–Crippen LogP) is 1.73. The SMILES string of the molecule is CCOC1CC(N)(C(=O)NCCOc2cc(OC)cc(OC)c2)C1(C)C. The highest BCUT2D eigenvalue weighted by Gasteiger charge is 2.62. The number of hydrogen-bond acceptors (Lipinski definition) is 6. The summed E-state index contributed by atoms with van der Waals surface area (Å²) in [5.74, 6) is 1.72. The Morgan fingerprint density at radius 1 is 1.19 bits per heavy atom. The first-order chi connectivity index (χ1) is 12.3. The molecule has 0 bridgehead atoms. The van der Waals surface area contributed by atoms with Crippen molar-refractivity contribution in [2.75, 3.05) is 34.0 Å². The van der Waals surface area contributed by atoms with Crippen LogP contribution in [-0.2, 0) is 9.53 Å². The number of methoxy groups -OCH3 is 2. The monoisotopic (exact) mass is 366 g/mol. The zero-order chi connectivity index (χ0) is 19.4. The molecule has 2 rings (SSSR count). The summed E-state index contributed by atoms with van der Waals surface area (Å²) in [7, 11) is 3.16. The zero-order valence-electron chi connectivity index (χ0n) is 16.3. The maximum atomic E-state index is 12.5. The number of benzene rings is 1. The summed E-state index contributed by atoms with van der Waals surface area (Å²) in [6.07, 6.45) is 0.525. The molecule has 26 heavy (non-hydrogen) atoms. The van der Waals surface area contributed by atoms with Crippen LogP contribution in [0.1, 0.15) is 27.2 Å². The third-order valence-electron chi connectivity index (χ3n) is 5.22. The van der Waals surface area contributed by atoms with E-state index in [-0.39, 0.29) is 12.0 Å². The lowest BCUT2D eigenvalue weighted by atomic mass is 9.54. The number of rotatable bonds is 9. The lowest BCUT2D eigenvalue weighted by molar-refractivity contribution is -0.170. The average Bonchev–Trinajstić information content (AvgIpc) is 2.64. The third-order valence-corrected chi connectivity index (χ3v) is 5.22. The minimum absolute atomic E-state index is 0.00347. The summed E-state index contributed by atoms with van der Waals surface area (Å²) < 4.78 is 21.7. The van der Waals surface area contributed by atoms with Crippen molar-refractivity contribution in [3.63, 3.8) is 0 Å². The van der Waals surface area contributed by atoms with Gasteiger partial charge in [0.1, 0.15) is 29.4 Å². The highest BCUT2D eigenvalue weighted by molar-refractivity contribution is 5.88. The first-order valence-electron chi connectivity index (χ1n) is 8.83. The Labute approximate surface area is 155 Å². The molecule has 1 aromatic carbocycles. The Morgan fingerprint density at radius 2 is 1.77 bits per heavy atom. The Kier molecular flexibility index (Phi) is 6.36. The molecule has 1 amide bonds. The van der Waals surface area contributed by atoms with Gasteiger partial charge in [-0.05, 0) is 6.92 Å². The van der Waals surface area contributed by atoms with Crippen LogP contribution in [0.4, 0.5) is 0 Å². The maximum absolute atomic E-state index is 12.5. The summed E-state index contributed by atoms with van der Waals surface area (Å²) in [5, 5.41) is 2.86. The van der Waals surface area contributed by atoms with Crippen LogP contribution in [-0.4, -0.2) is 51.5 Å². The summed E-state index contributed by atoms with van der Waals surface area (Å²) >= 11 is 0. The van der Waals surface area contributed by atoms with E-state index in [1.807, 2.05) is 20.8 Å². The normalized spacial score (nSPS) is 23.7. The molecule has 7 nitrogen and oxygen atoms in total. The van der Waals surface area contributed by atoms with Gasteiger partial charge in [-0.25, -0.2) is 0 Å². The Balaban J connectivity index is 1.84. The van der Waals surface area contributed by atoms with Gasteiger partial charge >= 0.3 is 0 Å². The largest absolute Gasteiger partial charge is 0.496 e. The molecule has 0 aromatic heterocycles. The number of ether oxygens (including phenoxy) is 4. The second-order valence-electron chi connectivity index (χ2n) is 6.99. The van der Waals surface area contributed by atoms with Crippen LogP contribution in [0.15, 0.2) is 18.2 Å². The van der Waals surface area contributed by atoms with Crippen molar-refractivity contribution in [3.8, 4) is 17.2 Å². The lowest BCUT2D eigenvalue weighted by Crippen LogP contribution is -2.75. The first kappa shape index (κ1) is 20.3. The Hall–Kier alpha value is -1.99. The second-order valence-corrected chi connectivity index (χ2v) is 6.99. The van der Waals surface area contributed by atoms with E-state index in [1.54, 1.807) is 32.4 Å². The van der Waals surface area contributed by atoms with Gasteiger partial charge in [-0.2, -0.15) is 0 Å². The molecule has 2 unspecified atom stereocenters. The van der Waals surface area contributed by atoms with E-state index in [1.165, 1.54) is 0 Å². The van der Waals surface area contributed by atoms with Crippen LogP contribution in [0.3, 0.4) is 0 Å². The summed E-state index contributed by atoms with van der Waals surface area (Å²) in [6, 6.07) is 5.28. The number of amides is 1. The zero-order valence-corrected chi connectivity index (χ0v) is 16.3. The maximum Gasteiger partial charge on any atom is 0.240 e. The molecule has 7 heteroatoms. The fraction of sp³-hybridized carbons (Fsp3) is 0.632. The van der Waals surface area contributed by atoms with Crippen molar-refractivity contribution < 1.29 is 23.7 Å². The Bertz CT molecular complexity index is 612. The molecule has 0 heterocycles. The molecular weight excluding hydrogens is 336 g/mol. The van der Waals surface area contributed by atoms with E-state index < -0.39 is 11.0 Å². The van der Waals surface area contributed by atoms with Crippen LogP contribution >= 0.6 is 0 Å². The van der Waals surface area contributed by atoms with E-state index in [2.05, 4.69) is 5.32 Å². The molecule has 1 aliphatic carbocycles. The van der Waals surface area contributed by atoms with Gasteiger partial charge in [0, 0.05) is 36.6 Å². The van der Waals surface area contributed by atoms with E-state index in [0.717, 1.165) is 0 Å². The average molecular weight is 366 g/mol. The number of nitrogens with one attached hydrogen (secondary N) is 1. The molecule has 2 atom stereocenters. The molecule has 0 saturated heterocycles. The lowest BCUT2D eigenvalue weighted by Gasteiger charge is -2.57. The van der Waals surface area contributed by atoms with Crippen molar-refractivity contribution in [3.05, 3.63) is 18.2 Å². The molecule has 0 radical (unpaired) electrons. The smallest absolute Gasteiger partial charge is 0.240 e. The number of carbonyl (C=O) groups excluding carboxylic acids is 1. The van der Waals surface area contributed by atoms with Crippen molar-refractivity contribution in [1.29, 1.82) is 0 Å². The fourth-order valence-corrected chi connectivity index (χ4v) is 3.18. The summed E-state index contributed by atoms with van der Waals surface area (Å²) in [4.78, 5) is 12.5. The predicted molar refractivity (Wildman–Crippen MR) is 98.8 cm³/mol.